The van der Waals surface area contributed by atoms with E-state index in [4.69, 9.17) is 0 Å². The molecule has 3 aliphatic rings. The maximum absolute atomic E-state index is 14.2. The normalized spacial score (nSPS) is 20.6. The molecular weight excluding hydrogens is 494 g/mol. The van der Waals surface area contributed by atoms with Gasteiger partial charge in [-0.15, -0.1) is 0 Å². The first-order valence-electron chi connectivity index (χ1n) is 13.1. The molecule has 0 amide bonds. The van der Waals surface area contributed by atoms with Gasteiger partial charge in [-0.05, 0) is 51.6 Å². The van der Waals surface area contributed by atoms with Crippen LogP contribution < -0.4 is 5.32 Å². The molecule has 0 unspecified atom stereocenters. The average Bonchev–Trinajstić information content (AvgIpc) is 3.62. The van der Waals surface area contributed by atoms with Crippen LogP contribution in [0.4, 0.5) is 26.3 Å². The minimum Gasteiger partial charge on any atom is -0.383 e. The summed E-state index contributed by atoms with van der Waals surface area (Å²) in [5, 5.41) is 2.34. The van der Waals surface area contributed by atoms with Crippen LogP contribution in [-0.4, -0.2) is 73.5 Å². The van der Waals surface area contributed by atoms with Crippen molar-refractivity contribution >= 4 is 0 Å². The Morgan fingerprint density at radius 3 is 2.32 bits per heavy atom. The Labute approximate surface area is 216 Å². The van der Waals surface area contributed by atoms with Crippen molar-refractivity contribution in [3.63, 3.8) is 0 Å². The maximum atomic E-state index is 14.2. The fraction of sp³-hybridized carbons (Fsp3) is 0.704. The van der Waals surface area contributed by atoms with Crippen molar-refractivity contribution in [2.75, 3.05) is 46.4 Å². The zero-order chi connectivity index (χ0) is 27.4. The van der Waals surface area contributed by atoms with Crippen molar-refractivity contribution in [1.82, 2.24) is 20.0 Å². The van der Waals surface area contributed by atoms with E-state index in [-0.39, 0.29) is 25.5 Å². The minimum atomic E-state index is -4.64. The summed E-state index contributed by atoms with van der Waals surface area (Å²) in [5.74, 6) is 0.468. The number of nitrogens with one attached hydrogen (secondary N) is 1. The molecule has 0 aromatic rings. The summed E-state index contributed by atoms with van der Waals surface area (Å²) < 4.78 is 81.6. The fourth-order valence-electron chi connectivity index (χ4n) is 5.24. The van der Waals surface area contributed by atoms with Crippen LogP contribution >= 0.6 is 0 Å². The SMILES string of the molecule is CN/C(=C(/CN(CCC1CC1)CCC(F)(F)F)N1CCCN(C2=C(C)C=C(C)C=C(C)C2)C1)C(F)(F)F. The Bertz CT molecular complexity index is 924. The van der Waals surface area contributed by atoms with E-state index in [0.29, 0.717) is 38.3 Å². The highest BCUT2D eigenvalue weighted by molar-refractivity contribution is 5.38. The van der Waals surface area contributed by atoms with E-state index in [1.807, 2.05) is 20.8 Å². The zero-order valence-corrected chi connectivity index (χ0v) is 22.3. The predicted octanol–water partition coefficient (Wildman–Crippen LogP) is 6.57. The van der Waals surface area contributed by atoms with E-state index in [1.54, 1.807) is 9.80 Å². The zero-order valence-electron chi connectivity index (χ0n) is 22.3. The lowest BCUT2D eigenvalue weighted by Crippen LogP contribution is -2.48. The van der Waals surface area contributed by atoms with Crippen LogP contribution in [0.1, 0.15) is 59.3 Å². The van der Waals surface area contributed by atoms with Crippen molar-refractivity contribution in [3.05, 3.63) is 46.0 Å². The molecule has 1 heterocycles. The molecule has 37 heavy (non-hydrogen) atoms. The number of rotatable bonds is 10. The lowest BCUT2D eigenvalue weighted by molar-refractivity contribution is -0.138. The van der Waals surface area contributed by atoms with Crippen LogP contribution in [0.15, 0.2) is 46.0 Å². The lowest BCUT2D eigenvalue weighted by atomic mass is 10.1. The van der Waals surface area contributed by atoms with Crippen molar-refractivity contribution in [1.29, 1.82) is 0 Å². The van der Waals surface area contributed by atoms with Crippen LogP contribution in [-0.2, 0) is 0 Å². The smallest absolute Gasteiger partial charge is 0.383 e. The molecule has 0 spiro atoms. The first kappa shape index (κ1) is 29.5. The number of hydrogen-bond acceptors (Lipinski definition) is 4. The molecule has 2 fully saturated rings. The van der Waals surface area contributed by atoms with Gasteiger partial charge in [0.05, 0.1) is 18.8 Å². The molecule has 0 atom stereocenters. The summed E-state index contributed by atoms with van der Waals surface area (Å²) in [6.45, 7) is 7.35. The molecule has 1 N–H and O–H groups in total. The predicted molar refractivity (Wildman–Crippen MR) is 134 cm³/mol. The van der Waals surface area contributed by atoms with E-state index < -0.39 is 24.5 Å². The summed E-state index contributed by atoms with van der Waals surface area (Å²) in [6, 6.07) is 0. The van der Waals surface area contributed by atoms with Gasteiger partial charge in [-0.1, -0.05) is 36.1 Å². The standard InChI is InChI=1S/C27H40F6N4/c1-19-14-20(2)16-23(21(3)15-19)36-10-5-11-37(18-36)24(25(34-4)27(31,32)33)17-35(12-8-22-6-7-22)13-9-26(28,29)30/h14-15,22,34H,5-13,16-18H2,1-4H3/b25-24-. The molecule has 210 valence electrons. The molecule has 2 aliphatic carbocycles. The van der Waals surface area contributed by atoms with Crippen LogP contribution in [0.3, 0.4) is 0 Å². The molecule has 0 radical (unpaired) electrons. The third-order valence-electron chi connectivity index (χ3n) is 7.24. The van der Waals surface area contributed by atoms with Gasteiger partial charge >= 0.3 is 12.4 Å². The largest absolute Gasteiger partial charge is 0.432 e. The molecule has 1 saturated carbocycles. The molecule has 0 bridgehead atoms. The van der Waals surface area contributed by atoms with E-state index in [9.17, 15) is 26.3 Å². The number of alkyl halides is 6. The van der Waals surface area contributed by atoms with Crippen molar-refractivity contribution in [2.45, 2.75) is 71.6 Å². The van der Waals surface area contributed by atoms with E-state index in [1.165, 1.54) is 12.6 Å². The van der Waals surface area contributed by atoms with Crippen LogP contribution in [0.5, 0.6) is 0 Å². The van der Waals surface area contributed by atoms with Gasteiger partial charge in [-0.2, -0.15) is 26.3 Å². The Kier molecular flexibility index (Phi) is 9.69. The van der Waals surface area contributed by atoms with Gasteiger partial charge in [0.25, 0.3) is 0 Å². The van der Waals surface area contributed by atoms with Crippen molar-refractivity contribution in [2.24, 2.45) is 5.92 Å². The summed E-state index contributed by atoms with van der Waals surface area (Å²) in [4.78, 5) is 5.39. The summed E-state index contributed by atoms with van der Waals surface area (Å²) in [5.41, 5.74) is 3.61. The van der Waals surface area contributed by atoms with Gasteiger partial charge in [0.2, 0.25) is 0 Å². The number of halogens is 6. The molecule has 4 nitrogen and oxygen atoms in total. The second kappa shape index (κ2) is 12.2. The topological polar surface area (TPSA) is 21.8 Å². The van der Waals surface area contributed by atoms with Crippen LogP contribution in [0.25, 0.3) is 0 Å². The number of nitrogens with zero attached hydrogens (tertiary/aromatic N) is 3. The summed E-state index contributed by atoms with van der Waals surface area (Å²) in [7, 11) is 1.23. The van der Waals surface area contributed by atoms with Crippen LogP contribution in [0, 0.1) is 5.92 Å². The second-order valence-corrected chi connectivity index (χ2v) is 10.7. The Morgan fingerprint density at radius 1 is 1.03 bits per heavy atom. The fourth-order valence-corrected chi connectivity index (χ4v) is 5.24. The first-order chi connectivity index (χ1) is 17.3. The molecular formula is C27H40F6N4. The molecule has 0 aromatic carbocycles. The number of allylic oxidation sites excluding steroid dienone is 6. The van der Waals surface area contributed by atoms with Crippen LogP contribution in [0.2, 0.25) is 0 Å². The van der Waals surface area contributed by atoms with Gasteiger partial charge in [-0.25, -0.2) is 0 Å². The van der Waals surface area contributed by atoms with Gasteiger partial charge in [-0.3, -0.25) is 4.90 Å². The minimum absolute atomic E-state index is 0.0172. The average molecular weight is 535 g/mol. The number of hydrogen-bond donors (Lipinski definition) is 1. The lowest BCUT2D eigenvalue weighted by Gasteiger charge is -2.43. The maximum Gasteiger partial charge on any atom is 0.432 e. The molecule has 10 heteroatoms. The van der Waals surface area contributed by atoms with E-state index in [2.05, 4.69) is 22.4 Å². The molecule has 3 rings (SSSR count). The molecule has 0 aromatic heterocycles. The third-order valence-corrected chi connectivity index (χ3v) is 7.24. The third kappa shape index (κ3) is 9.00. The Morgan fingerprint density at radius 2 is 1.73 bits per heavy atom. The molecule has 1 saturated heterocycles. The Hall–Kier alpha value is -2.10. The van der Waals surface area contributed by atoms with Gasteiger partial charge in [0, 0.05) is 45.3 Å². The Balaban J connectivity index is 1.90. The highest BCUT2D eigenvalue weighted by atomic mass is 19.4. The summed E-state index contributed by atoms with van der Waals surface area (Å²) in [6.07, 6.45) is -1.68. The van der Waals surface area contributed by atoms with Crippen molar-refractivity contribution in [3.8, 4) is 0 Å². The first-order valence-corrected chi connectivity index (χ1v) is 13.1. The monoisotopic (exact) mass is 534 g/mol. The van der Waals surface area contributed by atoms with Gasteiger partial charge < -0.3 is 15.1 Å². The summed E-state index contributed by atoms with van der Waals surface area (Å²) >= 11 is 0. The van der Waals surface area contributed by atoms with Gasteiger partial charge in [0.1, 0.15) is 5.70 Å². The van der Waals surface area contributed by atoms with E-state index in [0.717, 1.165) is 36.2 Å². The van der Waals surface area contributed by atoms with Crippen molar-refractivity contribution < 1.29 is 26.3 Å². The molecule has 1 aliphatic heterocycles. The van der Waals surface area contributed by atoms with E-state index >= 15 is 0 Å². The highest BCUT2D eigenvalue weighted by Crippen LogP contribution is 2.34. The highest BCUT2D eigenvalue weighted by Gasteiger charge is 2.39. The van der Waals surface area contributed by atoms with Gasteiger partial charge in [0.15, 0.2) is 0 Å². The quantitative estimate of drug-likeness (QED) is 0.320. The second-order valence-electron chi connectivity index (χ2n) is 10.7.